The third-order valence-corrected chi connectivity index (χ3v) is 3.25. The summed E-state index contributed by atoms with van der Waals surface area (Å²) in [6, 6.07) is 1.62. The predicted molar refractivity (Wildman–Crippen MR) is 65.9 cm³/mol. The molecular formula is C7H2Cl2IN3S. The highest BCUT2D eigenvalue weighted by atomic mass is 127. The maximum absolute atomic E-state index is 5.95. The highest BCUT2D eigenvalue weighted by Gasteiger charge is 2.10. The molecule has 2 aromatic heterocycles. The summed E-state index contributed by atoms with van der Waals surface area (Å²) in [5.74, 6) is 0.543. The Kier molecular flexibility index (Phi) is 3.20. The Hall–Kier alpha value is 0.0200. The Labute approximate surface area is 108 Å². The van der Waals surface area contributed by atoms with Gasteiger partial charge in [0, 0.05) is 6.20 Å². The van der Waals surface area contributed by atoms with Crippen molar-refractivity contribution in [2.75, 3.05) is 0 Å². The third-order valence-electron chi connectivity index (χ3n) is 1.42. The smallest absolute Gasteiger partial charge is 0.194 e. The van der Waals surface area contributed by atoms with Gasteiger partial charge in [-0.3, -0.25) is 0 Å². The van der Waals surface area contributed by atoms with E-state index >= 15 is 0 Å². The molecule has 0 aliphatic heterocycles. The third kappa shape index (κ3) is 2.16. The van der Waals surface area contributed by atoms with E-state index in [2.05, 4.69) is 36.9 Å². The molecule has 0 saturated heterocycles. The van der Waals surface area contributed by atoms with Crippen LogP contribution in [0.25, 0.3) is 11.5 Å². The number of hydrogen-bond donors (Lipinski definition) is 0. The van der Waals surface area contributed by atoms with Crippen LogP contribution in [0.4, 0.5) is 0 Å². The lowest BCUT2D eigenvalue weighted by Crippen LogP contribution is -1.87. The molecule has 2 heterocycles. The van der Waals surface area contributed by atoms with Crippen LogP contribution in [0.5, 0.6) is 0 Å². The maximum Gasteiger partial charge on any atom is 0.194 e. The van der Waals surface area contributed by atoms with Crippen LogP contribution < -0.4 is 0 Å². The number of pyridine rings is 1. The molecule has 0 radical (unpaired) electrons. The van der Waals surface area contributed by atoms with Gasteiger partial charge in [0.25, 0.3) is 0 Å². The lowest BCUT2D eigenvalue weighted by molar-refractivity contribution is 1.22. The summed E-state index contributed by atoms with van der Waals surface area (Å²) in [4.78, 5) is 8.25. The van der Waals surface area contributed by atoms with Gasteiger partial charge in [-0.1, -0.05) is 23.2 Å². The van der Waals surface area contributed by atoms with Crippen LogP contribution in [0, 0.1) is 3.01 Å². The van der Waals surface area contributed by atoms with Gasteiger partial charge in [0.15, 0.2) is 8.84 Å². The van der Waals surface area contributed by atoms with Gasteiger partial charge in [-0.15, -0.1) is 0 Å². The number of hydrogen-bond acceptors (Lipinski definition) is 4. The van der Waals surface area contributed by atoms with Gasteiger partial charge in [-0.25, -0.2) is 9.97 Å². The van der Waals surface area contributed by atoms with Crippen LogP contribution in [0.1, 0.15) is 0 Å². The van der Waals surface area contributed by atoms with Gasteiger partial charge in [-0.2, -0.15) is 4.37 Å². The second-order valence-electron chi connectivity index (χ2n) is 2.35. The van der Waals surface area contributed by atoms with Crippen LogP contribution in [0.3, 0.4) is 0 Å². The highest BCUT2D eigenvalue weighted by molar-refractivity contribution is 14.1. The van der Waals surface area contributed by atoms with Gasteiger partial charge in [0.2, 0.25) is 0 Å². The number of nitrogens with zero attached hydrogens (tertiary/aromatic N) is 3. The Balaban J connectivity index is 2.52. The van der Waals surface area contributed by atoms with Gasteiger partial charge in [0.1, 0.15) is 5.69 Å². The summed E-state index contributed by atoms with van der Waals surface area (Å²) >= 11 is 15.1. The summed E-state index contributed by atoms with van der Waals surface area (Å²) < 4.78 is 4.96. The Morgan fingerprint density at radius 1 is 1.36 bits per heavy atom. The molecule has 3 nitrogen and oxygen atoms in total. The van der Waals surface area contributed by atoms with E-state index in [1.54, 1.807) is 6.07 Å². The molecule has 14 heavy (non-hydrogen) atoms. The molecule has 0 aliphatic carbocycles. The number of aromatic nitrogens is 3. The summed E-state index contributed by atoms with van der Waals surface area (Å²) in [6.07, 6.45) is 1.52. The van der Waals surface area contributed by atoms with Gasteiger partial charge >= 0.3 is 0 Å². The topological polar surface area (TPSA) is 38.7 Å². The fourth-order valence-electron chi connectivity index (χ4n) is 0.880. The van der Waals surface area contributed by atoms with E-state index in [1.807, 2.05) is 0 Å². The lowest BCUT2D eigenvalue weighted by Gasteiger charge is -1.97. The molecular weight excluding hydrogens is 356 g/mol. The molecule has 0 N–H and O–H groups in total. The largest absolute Gasteiger partial charge is 0.250 e. The minimum absolute atomic E-state index is 0.465. The minimum atomic E-state index is 0.465. The maximum atomic E-state index is 5.95. The first kappa shape index (κ1) is 10.5. The molecule has 0 unspecified atom stereocenters. The number of halogens is 3. The predicted octanol–water partition coefficient (Wildman–Crippen LogP) is 3.51. The van der Waals surface area contributed by atoms with Crippen molar-refractivity contribution in [1.82, 2.24) is 14.3 Å². The van der Waals surface area contributed by atoms with Gasteiger partial charge in [-0.05, 0) is 40.2 Å². The van der Waals surface area contributed by atoms with Crippen molar-refractivity contribution in [3.63, 3.8) is 0 Å². The molecule has 0 bridgehead atoms. The number of rotatable bonds is 1. The van der Waals surface area contributed by atoms with Crippen molar-refractivity contribution >= 4 is 57.3 Å². The van der Waals surface area contributed by atoms with Crippen molar-refractivity contribution in [2.45, 2.75) is 0 Å². The Morgan fingerprint density at radius 2 is 2.14 bits per heavy atom. The molecule has 0 aromatic carbocycles. The SMILES string of the molecule is Clc1cnc(-c2nsc(I)n2)c(Cl)c1. The molecule has 7 heteroatoms. The molecule has 0 spiro atoms. The average molecular weight is 358 g/mol. The second kappa shape index (κ2) is 4.26. The Bertz CT molecular complexity index is 474. The van der Waals surface area contributed by atoms with Gasteiger partial charge < -0.3 is 0 Å². The molecule has 0 fully saturated rings. The van der Waals surface area contributed by atoms with E-state index in [0.29, 0.717) is 21.6 Å². The molecule has 0 saturated carbocycles. The van der Waals surface area contributed by atoms with Crippen LogP contribution >= 0.6 is 57.3 Å². The average Bonchev–Trinajstić information content (AvgIpc) is 2.51. The zero-order valence-electron chi connectivity index (χ0n) is 6.54. The monoisotopic (exact) mass is 357 g/mol. The summed E-state index contributed by atoms with van der Waals surface area (Å²) in [6.45, 7) is 0. The van der Waals surface area contributed by atoms with E-state index in [-0.39, 0.29) is 0 Å². The minimum Gasteiger partial charge on any atom is -0.250 e. The van der Waals surface area contributed by atoms with E-state index in [1.165, 1.54) is 17.7 Å². The van der Waals surface area contributed by atoms with E-state index in [4.69, 9.17) is 23.2 Å². The van der Waals surface area contributed by atoms with Crippen molar-refractivity contribution in [3.8, 4) is 11.5 Å². The van der Waals surface area contributed by atoms with E-state index in [0.717, 1.165) is 3.01 Å². The van der Waals surface area contributed by atoms with Crippen LogP contribution in [-0.2, 0) is 0 Å². The van der Waals surface area contributed by atoms with Crippen LogP contribution in [-0.4, -0.2) is 14.3 Å². The fraction of sp³-hybridized carbons (Fsp3) is 0. The zero-order valence-corrected chi connectivity index (χ0v) is 11.0. The molecule has 0 aliphatic rings. The molecule has 0 atom stereocenters. The van der Waals surface area contributed by atoms with Crippen molar-refractivity contribution in [2.24, 2.45) is 0 Å². The second-order valence-corrected chi connectivity index (χ2v) is 5.70. The van der Waals surface area contributed by atoms with Gasteiger partial charge in [0.05, 0.1) is 10.0 Å². The summed E-state index contributed by atoms with van der Waals surface area (Å²) in [7, 11) is 0. The standard InChI is InChI=1S/C7H2Cl2IN3S/c8-3-1-4(9)5(11-2-3)6-12-7(10)14-13-6/h1-2H. The normalized spacial score (nSPS) is 10.5. The first-order chi connectivity index (χ1) is 6.66. The lowest BCUT2D eigenvalue weighted by atomic mass is 10.3. The molecule has 0 amide bonds. The quantitative estimate of drug-likeness (QED) is 0.733. The summed E-state index contributed by atoms with van der Waals surface area (Å²) in [5, 5.41) is 0.968. The molecule has 2 aromatic rings. The van der Waals surface area contributed by atoms with Crippen molar-refractivity contribution < 1.29 is 0 Å². The fourth-order valence-corrected chi connectivity index (χ4v) is 2.29. The molecule has 2 rings (SSSR count). The van der Waals surface area contributed by atoms with E-state index in [9.17, 15) is 0 Å². The van der Waals surface area contributed by atoms with Crippen molar-refractivity contribution in [3.05, 3.63) is 25.3 Å². The Morgan fingerprint density at radius 3 is 2.71 bits per heavy atom. The van der Waals surface area contributed by atoms with Crippen LogP contribution in [0.2, 0.25) is 10.0 Å². The highest BCUT2D eigenvalue weighted by Crippen LogP contribution is 2.26. The zero-order chi connectivity index (χ0) is 10.1. The van der Waals surface area contributed by atoms with Crippen molar-refractivity contribution in [1.29, 1.82) is 0 Å². The first-order valence-electron chi connectivity index (χ1n) is 3.47. The van der Waals surface area contributed by atoms with E-state index < -0.39 is 0 Å². The first-order valence-corrected chi connectivity index (χ1v) is 6.08. The summed E-state index contributed by atoms with van der Waals surface area (Å²) in [5.41, 5.74) is 0.565. The van der Waals surface area contributed by atoms with Crippen LogP contribution in [0.15, 0.2) is 12.3 Å². The molecule has 72 valence electrons.